The molecule has 5 heteroatoms. The molecule has 0 saturated heterocycles. The second kappa shape index (κ2) is 6.92. The average molecular weight is 353 g/mol. The van der Waals surface area contributed by atoms with E-state index in [4.69, 9.17) is 18.9 Å². The molecule has 5 nitrogen and oxygen atoms in total. The van der Waals surface area contributed by atoms with Gasteiger partial charge >= 0.3 is 0 Å². The van der Waals surface area contributed by atoms with E-state index in [9.17, 15) is 0 Å². The molecule has 0 spiro atoms. The fourth-order valence-electron chi connectivity index (χ4n) is 3.83. The maximum absolute atomic E-state index is 5.59. The van der Waals surface area contributed by atoms with Crippen LogP contribution in [0.3, 0.4) is 0 Å². The van der Waals surface area contributed by atoms with E-state index < -0.39 is 0 Å². The van der Waals surface area contributed by atoms with Gasteiger partial charge in [-0.15, -0.1) is 6.58 Å². The molecule has 1 unspecified atom stereocenters. The fraction of sp³-hybridized carbons (Fsp3) is 0.333. The number of rotatable bonds is 5. The molecule has 1 atom stereocenters. The summed E-state index contributed by atoms with van der Waals surface area (Å²) in [5, 5.41) is 0. The largest absolute Gasteiger partial charge is 0.493 e. The Hall–Kier alpha value is -2.66. The molecule has 2 aliphatic rings. The van der Waals surface area contributed by atoms with E-state index in [1.165, 1.54) is 16.7 Å². The van der Waals surface area contributed by atoms with Crippen LogP contribution in [-0.4, -0.2) is 39.0 Å². The van der Waals surface area contributed by atoms with Crippen LogP contribution in [0.1, 0.15) is 22.7 Å². The molecular weight excluding hydrogens is 330 g/mol. The first-order chi connectivity index (χ1) is 12.7. The zero-order valence-corrected chi connectivity index (χ0v) is 15.2. The molecule has 0 aromatic heterocycles. The molecule has 0 saturated carbocycles. The van der Waals surface area contributed by atoms with E-state index in [0.717, 1.165) is 42.5 Å². The average Bonchev–Trinajstić information content (AvgIpc) is 3.14. The molecule has 0 radical (unpaired) electrons. The number of fused-ring (bicyclic) bond motifs is 2. The van der Waals surface area contributed by atoms with Crippen molar-refractivity contribution < 1.29 is 18.9 Å². The smallest absolute Gasteiger partial charge is 0.231 e. The number of methoxy groups -OCH3 is 2. The summed E-state index contributed by atoms with van der Waals surface area (Å²) in [5.74, 6) is 3.12. The first kappa shape index (κ1) is 16.8. The van der Waals surface area contributed by atoms with Crippen molar-refractivity contribution in [3.8, 4) is 23.0 Å². The maximum Gasteiger partial charge on any atom is 0.231 e. The Balaban J connectivity index is 1.83. The van der Waals surface area contributed by atoms with E-state index in [1.54, 1.807) is 14.2 Å². The third-order valence-electron chi connectivity index (χ3n) is 5.05. The van der Waals surface area contributed by atoms with Crippen LogP contribution in [0.5, 0.6) is 23.0 Å². The van der Waals surface area contributed by atoms with E-state index >= 15 is 0 Å². The van der Waals surface area contributed by atoms with Gasteiger partial charge in [-0.2, -0.15) is 0 Å². The lowest BCUT2D eigenvalue weighted by Crippen LogP contribution is -2.36. The van der Waals surface area contributed by atoms with Crippen molar-refractivity contribution in [3.05, 3.63) is 59.7 Å². The molecular formula is C21H23NO4. The van der Waals surface area contributed by atoms with Gasteiger partial charge in [0, 0.05) is 13.1 Å². The first-order valence-corrected chi connectivity index (χ1v) is 8.74. The van der Waals surface area contributed by atoms with Crippen molar-refractivity contribution in [2.75, 3.05) is 34.1 Å². The Labute approximate surface area is 153 Å². The molecule has 2 aliphatic heterocycles. The number of ether oxygens (including phenoxy) is 4. The molecule has 2 heterocycles. The highest BCUT2D eigenvalue weighted by Gasteiger charge is 2.31. The Bertz CT molecular complexity index is 833. The van der Waals surface area contributed by atoms with Crippen molar-refractivity contribution in [1.82, 2.24) is 4.90 Å². The third kappa shape index (κ3) is 2.78. The summed E-state index contributed by atoms with van der Waals surface area (Å²) in [6.07, 6.45) is 2.91. The quantitative estimate of drug-likeness (QED) is 0.769. The second-order valence-corrected chi connectivity index (χ2v) is 6.45. The molecule has 2 aromatic carbocycles. The molecule has 0 fully saturated rings. The maximum atomic E-state index is 5.59. The van der Waals surface area contributed by atoms with Crippen molar-refractivity contribution >= 4 is 0 Å². The van der Waals surface area contributed by atoms with Crippen molar-refractivity contribution in [2.24, 2.45) is 0 Å². The topological polar surface area (TPSA) is 40.2 Å². The van der Waals surface area contributed by atoms with E-state index in [2.05, 4.69) is 35.7 Å². The minimum atomic E-state index is 0.103. The van der Waals surface area contributed by atoms with Gasteiger partial charge < -0.3 is 18.9 Å². The van der Waals surface area contributed by atoms with Crippen LogP contribution in [0.4, 0.5) is 0 Å². The first-order valence-electron chi connectivity index (χ1n) is 8.74. The van der Waals surface area contributed by atoms with Gasteiger partial charge in [0.15, 0.2) is 23.0 Å². The summed E-state index contributed by atoms with van der Waals surface area (Å²) in [5.41, 5.74) is 3.68. The second-order valence-electron chi connectivity index (χ2n) is 6.45. The number of benzene rings is 2. The van der Waals surface area contributed by atoms with Crippen LogP contribution in [0.2, 0.25) is 0 Å². The van der Waals surface area contributed by atoms with E-state index in [1.807, 2.05) is 12.1 Å². The highest BCUT2D eigenvalue weighted by atomic mass is 16.7. The van der Waals surface area contributed by atoms with Crippen molar-refractivity contribution in [2.45, 2.75) is 12.5 Å². The predicted molar refractivity (Wildman–Crippen MR) is 99.4 cm³/mol. The Morgan fingerprint density at radius 3 is 2.65 bits per heavy atom. The molecule has 0 amide bonds. The zero-order valence-electron chi connectivity index (χ0n) is 15.2. The van der Waals surface area contributed by atoms with Crippen LogP contribution in [0.25, 0.3) is 0 Å². The molecule has 0 aliphatic carbocycles. The summed E-state index contributed by atoms with van der Waals surface area (Å²) in [4.78, 5) is 2.42. The molecule has 2 aromatic rings. The van der Waals surface area contributed by atoms with E-state index in [-0.39, 0.29) is 12.8 Å². The Morgan fingerprint density at radius 2 is 1.88 bits per heavy atom. The van der Waals surface area contributed by atoms with Crippen molar-refractivity contribution in [3.63, 3.8) is 0 Å². The summed E-state index contributed by atoms with van der Waals surface area (Å²) < 4.78 is 22.1. The lowest BCUT2D eigenvalue weighted by Gasteiger charge is -2.37. The molecule has 0 bridgehead atoms. The summed E-state index contributed by atoms with van der Waals surface area (Å²) in [6.45, 7) is 5.97. The summed E-state index contributed by atoms with van der Waals surface area (Å²) >= 11 is 0. The lowest BCUT2D eigenvalue weighted by atomic mass is 9.87. The van der Waals surface area contributed by atoms with Gasteiger partial charge in [-0.3, -0.25) is 4.90 Å². The predicted octanol–water partition coefficient (Wildman–Crippen LogP) is 3.57. The van der Waals surface area contributed by atoms with Gasteiger partial charge in [0.05, 0.1) is 20.3 Å². The normalized spacial score (nSPS) is 18.3. The molecule has 0 N–H and O–H groups in total. The van der Waals surface area contributed by atoms with Crippen LogP contribution in [0.15, 0.2) is 43.0 Å². The molecule has 136 valence electrons. The standard InChI is InChI=1S/C21H23NO4/c1-4-8-22-9-7-14-10-18(23-2)19(24-3)12-16(14)21(22)15-5-6-17-20(11-15)26-13-25-17/h4-6,10-12,21H,1,7-9,13H2,2-3H3. The van der Waals surface area contributed by atoms with Crippen LogP contribution < -0.4 is 18.9 Å². The number of hydrogen-bond donors (Lipinski definition) is 0. The van der Waals surface area contributed by atoms with Gasteiger partial charge in [0.1, 0.15) is 0 Å². The minimum absolute atomic E-state index is 0.103. The van der Waals surface area contributed by atoms with Crippen molar-refractivity contribution in [1.29, 1.82) is 0 Å². The summed E-state index contributed by atoms with van der Waals surface area (Å²) in [6, 6.07) is 10.5. The Kier molecular flexibility index (Phi) is 4.47. The lowest BCUT2D eigenvalue weighted by molar-refractivity contribution is 0.173. The van der Waals surface area contributed by atoms with Gasteiger partial charge in [-0.05, 0) is 47.4 Å². The molecule has 4 rings (SSSR count). The fourth-order valence-corrected chi connectivity index (χ4v) is 3.83. The highest BCUT2D eigenvalue weighted by molar-refractivity contribution is 5.53. The minimum Gasteiger partial charge on any atom is -0.493 e. The number of nitrogens with zero attached hydrogens (tertiary/aromatic N) is 1. The van der Waals surface area contributed by atoms with Crippen LogP contribution >= 0.6 is 0 Å². The Morgan fingerprint density at radius 1 is 1.12 bits per heavy atom. The highest BCUT2D eigenvalue weighted by Crippen LogP contribution is 2.43. The van der Waals surface area contributed by atoms with Gasteiger partial charge in [0.2, 0.25) is 6.79 Å². The van der Waals surface area contributed by atoms with E-state index in [0.29, 0.717) is 0 Å². The van der Waals surface area contributed by atoms with Gasteiger partial charge in [0.25, 0.3) is 0 Å². The van der Waals surface area contributed by atoms with Gasteiger partial charge in [-0.1, -0.05) is 12.1 Å². The van der Waals surface area contributed by atoms with Gasteiger partial charge in [-0.25, -0.2) is 0 Å². The third-order valence-corrected chi connectivity index (χ3v) is 5.05. The summed E-state index contributed by atoms with van der Waals surface area (Å²) in [7, 11) is 3.34. The van der Waals surface area contributed by atoms with Crippen LogP contribution in [0, 0.1) is 0 Å². The van der Waals surface area contributed by atoms with Crippen LogP contribution in [-0.2, 0) is 6.42 Å². The SMILES string of the molecule is C=CCN1CCc2cc(OC)c(OC)cc2C1c1ccc2c(c1)OCO2. The number of hydrogen-bond acceptors (Lipinski definition) is 5. The zero-order chi connectivity index (χ0) is 18.1. The molecule has 26 heavy (non-hydrogen) atoms. The monoisotopic (exact) mass is 353 g/mol.